The Hall–Kier alpha value is -3.05. The minimum atomic E-state index is -3.71. The van der Waals surface area contributed by atoms with Crippen LogP contribution in [0.2, 0.25) is 0 Å². The van der Waals surface area contributed by atoms with Gasteiger partial charge in [0.15, 0.2) is 0 Å². The highest BCUT2D eigenvalue weighted by atomic mass is 32.2. The van der Waals surface area contributed by atoms with Crippen molar-refractivity contribution in [1.29, 1.82) is 0 Å². The summed E-state index contributed by atoms with van der Waals surface area (Å²) in [5, 5.41) is 0. The molecule has 0 aliphatic heterocycles. The predicted octanol–water partition coefficient (Wildman–Crippen LogP) is 5.38. The summed E-state index contributed by atoms with van der Waals surface area (Å²) in [4.78, 5) is 0.265. The van der Waals surface area contributed by atoms with Crippen molar-refractivity contribution in [2.45, 2.75) is 18.7 Å². The normalized spacial score (nSPS) is 11.9. The van der Waals surface area contributed by atoms with Crippen LogP contribution in [0.5, 0.6) is 5.75 Å². The maximum atomic E-state index is 13.4. The molecule has 0 aliphatic carbocycles. The third-order valence-corrected chi connectivity index (χ3v) is 6.16. The molecule has 0 radical (unpaired) electrons. The highest BCUT2D eigenvalue weighted by Gasteiger charge is 2.25. The SMILES string of the molecule is CCOc1ccc(N(C/C(C)=C/c2ccccc2)S(=O)(=O)c2ccccc2)cc1. The second kappa shape index (κ2) is 9.43. The van der Waals surface area contributed by atoms with E-state index < -0.39 is 10.0 Å². The quantitative estimate of drug-likeness (QED) is 0.503. The fourth-order valence-corrected chi connectivity index (χ4v) is 4.54. The minimum Gasteiger partial charge on any atom is -0.494 e. The zero-order valence-corrected chi connectivity index (χ0v) is 17.5. The van der Waals surface area contributed by atoms with E-state index in [4.69, 9.17) is 4.74 Å². The number of sulfonamides is 1. The largest absolute Gasteiger partial charge is 0.494 e. The van der Waals surface area contributed by atoms with Crippen molar-refractivity contribution in [1.82, 2.24) is 0 Å². The van der Waals surface area contributed by atoms with Crippen LogP contribution in [0.25, 0.3) is 6.08 Å². The second-order valence-electron chi connectivity index (χ2n) is 6.65. The van der Waals surface area contributed by atoms with Gasteiger partial charge < -0.3 is 4.74 Å². The summed E-state index contributed by atoms with van der Waals surface area (Å²) in [5.41, 5.74) is 2.57. The third-order valence-electron chi connectivity index (χ3n) is 4.37. The van der Waals surface area contributed by atoms with Crippen molar-refractivity contribution in [2.24, 2.45) is 0 Å². The Morgan fingerprint density at radius 3 is 2.07 bits per heavy atom. The number of ether oxygens (including phenoxy) is 1. The van der Waals surface area contributed by atoms with E-state index >= 15 is 0 Å². The van der Waals surface area contributed by atoms with Crippen LogP contribution in [0.1, 0.15) is 19.4 Å². The number of benzene rings is 3. The number of anilines is 1. The van der Waals surface area contributed by atoms with Crippen LogP contribution >= 0.6 is 0 Å². The lowest BCUT2D eigenvalue weighted by Gasteiger charge is -2.25. The molecule has 0 N–H and O–H groups in total. The van der Waals surface area contributed by atoms with Gasteiger partial charge in [-0.15, -0.1) is 0 Å². The molecule has 0 fully saturated rings. The molecule has 4 nitrogen and oxygen atoms in total. The molecule has 150 valence electrons. The highest BCUT2D eigenvalue weighted by Crippen LogP contribution is 2.27. The molecule has 0 saturated heterocycles. The minimum absolute atomic E-state index is 0.250. The summed E-state index contributed by atoms with van der Waals surface area (Å²) in [6.45, 7) is 4.66. The average Bonchev–Trinajstić information content (AvgIpc) is 2.74. The van der Waals surface area contributed by atoms with E-state index in [1.807, 2.05) is 50.3 Å². The Morgan fingerprint density at radius 1 is 0.897 bits per heavy atom. The number of hydrogen-bond acceptors (Lipinski definition) is 3. The smallest absolute Gasteiger partial charge is 0.264 e. The fourth-order valence-electron chi connectivity index (χ4n) is 3.02. The summed E-state index contributed by atoms with van der Waals surface area (Å²) in [7, 11) is -3.71. The van der Waals surface area contributed by atoms with Gasteiger partial charge in [-0.05, 0) is 55.8 Å². The third kappa shape index (κ3) is 5.27. The summed E-state index contributed by atoms with van der Waals surface area (Å²) >= 11 is 0. The van der Waals surface area contributed by atoms with E-state index in [0.717, 1.165) is 11.1 Å². The molecule has 0 aliphatic rings. The maximum Gasteiger partial charge on any atom is 0.264 e. The van der Waals surface area contributed by atoms with Gasteiger partial charge in [0.25, 0.3) is 10.0 Å². The molecule has 0 atom stereocenters. The van der Waals surface area contributed by atoms with Crippen LogP contribution < -0.4 is 9.04 Å². The zero-order chi connectivity index (χ0) is 20.7. The van der Waals surface area contributed by atoms with Crippen LogP contribution in [-0.4, -0.2) is 21.6 Å². The molecule has 3 aromatic carbocycles. The first-order valence-corrected chi connectivity index (χ1v) is 11.0. The van der Waals surface area contributed by atoms with Crippen LogP contribution in [0.3, 0.4) is 0 Å². The number of hydrogen-bond donors (Lipinski definition) is 0. The molecule has 0 spiro atoms. The number of nitrogens with zero attached hydrogens (tertiary/aromatic N) is 1. The van der Waals surface area contributed by atoms with Crippen molar-refractivity contribution in [3.05, 3.63) is 96.1 Å². The van der Waals surface area contributed by atoms with Crippen LogP contribution in [0.15, 0.2) is 95.4 Å². The zero-order valence-electron chi connectivity index (χ0n) is 16.7. The molecule has 0 aromatic heterocycles. The van der Waals surface area contributed by atoms with E-state index in [1.165, 1.54) is 4.31 Å². The molecule has 29 heavy (non-hydrogen) atoms. The van der Waals surface area contributed by atoms with Crippen molar-refractivity contribution in [3.63, 3.8) is 0 Å². The van der Waals surface area contributed by atoms with E-state index in [0.29, 0.717) is 18.0 Å². The molecule has 0 unspecified atom stereocenters. The van der Waals surface area contributed by atoms with Gasteiger partial charge in [-0.25, -0.2) is 8.42 Å². The second-order valence-corrected chi connectivity index (χ2v) is 8.52. The Balaban J connectivity index is 1.98. The van der Waals surface area contributed by atoms with E-state index in [9.17, 15) is 8.42 Å². The predicted molar refractivity (Wildman–Crippen MR) is 119 cm³/mol. The van der Waals surface area contributed by atoms with Gasteiger partial charge in [0.2, 0.25) is 0 Å². The van der Waals surface area contributed by atoms with Gasteiger partial charge in [-0.3, -0.25) is 4.31 Å². The summed E-state index contributed by atoms with van der Waals surface area (Å²) in [6, 6.07) is 25.5. The van der Waals surface area contributed by atoms with Crippen molar-refractivity contribution in [3.8, 4) is 5.75 Å². The Bertz CT molecular complexity index is 1040. The number of rotatable bonds is 8. The van der Waals surface area contributed by atoms with Gasteiger partial charge in [-0.2, -0.15) is 0 Å². The van der Waals surface area contributed by atoms with Gasteiger partial charge in [0.05, 0.1) is 23.7 Å². The van der Waals surface area contributed by atoms with Gasteiger partial charge in [0, 0.05) is 0 Å². The van der Waals surface area contributed by atoms with E-state index in [-0.39, 0.29) is 11.4 Å². The van der Waals surface area contributed by atoms with Gasteiger partial charge in [-0.1, -0.05) is 60.2 Å². The van der Waals surface area contributed by atoms with E-state index in [2.05, 4.69) is 0 Å². The molecule has 0 bridgehead atoms. The Labute approximate surface area is 173 Å². The average molecular weight is 408 g/mol. The van der Waals surface area contributed by atoms with E-state index in [1.54, 1.807) is 54.6 Å². The highest BCUT2D eigenvalue weighted by molar-refractivity contribution is 7.92. The summed E-state index contributed by atoms with van der Waals surface area (Å²) < 4.78 is 33.7. The lowest BCUT2D eigenvalue weighted by molar-refractivity contribution is 0.340. The topological polar surface area (TPSA) is 46.6 Å². The molecule has 3 rings (SSSR count). The van der Waals surface area contributed by atoms with Crippen LogP contribution in [0, 0.1) is 0 Å². The fraction of sp³-hybridized carbons (Fsp3) is 0.167. The van der Waals surface area contributed by atoms with Gasteiger partial charge in [0.1, 0.15) is 5.75 Å². The van der Waals surface area contributed by atoms with Crippen molar-refractivity contribution >= 4 is 21.8 Å². The summed E-state index contributed by atoms with van der Waals surface area (Å²) in [6.07, 6.45) is 2.00. The monoisotopic (exact) mass is 407 g/mol. The van der Waals surface area contributed by atoms with Gasteiger partial charge >= 0.3 is 0 Å². The van der Waals surface area contributed by atoms with Crippen molar-refractivity contribution in [2.75, 3.05) is 17.5 Å². The maximum absolute atomic E-state index is 13.4. The molecular weight excluding hydrogens is 382 g/mol. The molecule has 5 heteroatoms. The van der Waals surface area contributed by atoms with Crippen molar-refractivity contribution < 1.29 is 13.2 Å². The lowest BCUT2D eigenvalue weighted by Crippen LogP contribution is -2.32. The first kappa shape index (κ1) is 20.7. The van der Waals surface area contributed by atoms with Crippen LogP contribution in [-0.2, 0) is 10.0 Å². The lowest BCUT2D eigenvalue weighted by atomic mass is 10.1. The molecule has 0 amide bonds. The molecular formula is C24H25NO3S. The van der Waals surface area contributed by atoms with Crippen LogP contribution in [0.4, 0.5) is 5.69 Å². The molecule has 0 heterocycles. The molecule has 0 saturated carbocycles. The molecule has 3 aromatic rings. The Morgan fingerprint density at radius 2 is 1.48 bits per heavy atom. The first-order chi connectivity index (χ1) is 14.0. The first-order valence-electron chi connectivity index (χ1n) is 9.53. The standard InChI is InChI=1S/C24H25NO3S/c1-3-28-23-16-14-22(15-17-23)25(29(26,27)24-12-8-5-9-13-24)19-20(2)18-21-10-6-4-7-11-21/h4-18H,3,19H2,1-2H3/b20-18+. The Kier molecular flexibility index (Phi) is 6.73. The summed E-state index contributed by atoms with van der Waals surface area (Å²) in [5.74, 6) is 0.713.